The Kier molecular flexibility index (Phi) is 9.32. The molecule has 0 saturated carbocycles. The third-order valence-corrected chi connectivity index (χ3v) is 7.89. The molecule has 45 heavy (non-hydrogen) atoms. The van der Waals surface area contributed by atoms with Crippen molar-refractivity contribution in [1.82, 2.24) is 4.90 Å². The third kappa shape index (κ3) is 7.95. The molecule has 1 fully saturated rings. The van der Waals surface area contributed by atoms with Crippen molar-refractivity contribution in [2.45, 2.75) is 46.8 Å². The highest BCUT2D eigenvalue weighted by Gasteiger charge is 2.26. The highest BCUT2D eigenvalue weighted by Crippen LogP contribution is 2.35. The van der Waals surface area contributed by atoms with Crippen molar-refractivity contribution in [2.24, 2.45) is 0 Å². The minimum atomic E-state index is -0.530. The van der Waals surface area contributed by atoms with E-state index >= 15 is 0 Å². The first-order chi connectivity index (χ1) is 21.5. The molecule has 0 spiro atoms. The Labute approximate surface area is 266 Å². The summed E-state index contributed by atoms with van der Waals surface area (Å²) in [6, 6.07) is 27.9. The van der Waals surface area contributed by atoms with Gasteiger partial charge in [-0.2, -0.15) is 0 Å². The molecule has 5 rings (SSSR count). The van der Waals surface area contributed by atoms with Crippen LogP contribution in [0.1, 0.15) is 47.8 Å². The van der Waals surface area contributed by atoms with Crippen LogP contribution in [0.4, 0.5) is 27.5 Å². The molecule has 8 nitrogen and oxygen atoms in total. The Balaban J connectivity index is 1.39. The lowest BCUT2D eigenvalue weighted by atomic mass is 9.96. The fraction of sp³-hybridized carbons (Fsp3) is 0.297. The summed E-state index contributed by atoms with van der Waals surface area (Å²) >= 11 is 0. The van der Waals surface area contributed by atoms with Crippen LogP contribution in [0, 0.1) is 13.8 Å². The van der Waals surface area contributed by atoms with E-state index in [0.29, 0.717) is 44.0 Å². The molecule has 1 saturated heterocycles. The van der Waals surface area contributed by atoms with Gasteiger partial charge in [-0.3, -0.25) is 4.79 Å². The number of hydrogen-bond donors (Lipinski definition) is 3. The maximum Gasteiger partial charge on any atom is 0.410 e. The average molecular weight is 606 g/mol. The van der Waals surface area contributed by atoms with Gasteiger partial charge in [0.05, 0.1) is 17.1 Å². The molecule has 0 unspecified atom stereocenters. The fourth-order valence-corrected chi connectivity index (χ4v) is 5.43. The summed E-state index contributed by atoms with van der Waals surface area (Å²) in [7, 11) is 0. The van der Waals surface area contributed by atoms with Gasteiger partial charge in [0.15, 0.2) is 0 Å². The van der Waals surface area contributed by atoms with E-state index in [4.69, 9.17) is 10.5 Å². The number of amides is 2. The summed E-state index contributed by atoms with van der Waals surface area (Å²) < 4.78 is 5.57. The van der Waals surface area contributed by atoms with E-state index in [-0.39, 0.29) is 12.0 Å². The molecule has 1 aliphatic rings. The Bertz CT molecular complexity index is 1670. The largest absolute Gasteiger partial charge is 0.444 e. The number of carbonyl (C=O) groups excluding carboxylic acids is 2. The van der Waals surface area contributed by atoms with Crippen LogP contribution < -0.4 is 21.3 Å². The van der Waals surface area contributed by atoms with Gasteiger partial charge in [-0.1, -0.05) is 54.1 Å². The number of benzene rings is 4. The van der Waals surface area contributed by atoms with E-state index < -0.39 is 5.60 Å². The maximum absolute atomic E-state index is 13.4. The number of nitrogens with zero attached hydrogens (tertiary/aromatic N) is 2. The number of rotatable bonds is 7. The second-order valence-electron chi connectivity index (χ2n) is 12.6. The van der Waals surface area contributed by atoms with E-state index in [1.807, 2.05) is 82.3 Å². The number of anilines is 4. The van der Waals surface area contributed by atoms with Crippen molar-refractivity contribution in [3.05, 3.63) is 107 Å². The van der Waals surface area contributed by atoms with Gasteiger partial charge >= 0.3 is 6.09 Å². The van der Waals surface area contributed by atoms with Crippen LogP contribution in [0.25, 0.3) is 11.1 Å². The van der Waals surface area contributed by atoms with Gasteiger partial charge in [0.25, 0.3) is 5.91 Å². The summed E-state index contributed by atoms with van der Waals surface area (Å²) in [5, 5.41) is 6.62. The first-order valence-electron chi connectivity index (χ1n) is 15.4. The van der Waals surface area contributed by atoms with Crippen LogP contribution in [0.2, 0.25) is 0 Å². The normalized spacial score (nSPS) is 13.4. The molecule has 2 amide bonds. The van der Waals surface area contributed by atoms with Crippen molar-refractivity contribution < 1.29 is 14.3 Å². The van der Waals surface area contributed by atoms with Crippen molar-refractivity contribution in [2.75, 3.05) is 47.4 Å². The first kappa shape index (κ1) is 31.4. The summed E-state index contributed by atoms with van der Waals surface area (Å²) in [6.45, 7) is 12.8. The minimum absolute atomic E-state index is 0.165. The molecule has 0 aliphatic carbocycles. The lowest BCUT2D eigenvalue weighted by molar-refractivity contribution is 0.0240. The van der Waals surface area contributed by atoms with E-state index in [2.05, 4.69) is 52.8 Å². The van der Waals surface area contributed by atoms with Crippen molar-refractivity contribution in [3.63, 3.8) is 0 Å². The number of piperazine rings is 1. The molecule has 4 aromatic rings. The predicted octanol–water partition coefficient (Wildman–Crippen LogP) is 7.47. The summed E-state index contributed by atoms with van der Waals surface area (Å²) in [5.74, 6) is -0.165. The molecule has 1 aliphatic heterocycles. The van der Waals surface area contributed by atoms with Gasteiger partial charge in [0.2, 0.25) is 0 Å². The van der Waals surface area contributed by atoms with Gasteiger partial charge in [-0.15, -0.1) is 0 Å². The Morgan fingerprint density at radius 1 is 0.822 bits per heavy atom. The maximum atomic E-state index is 13.4. The monoisotopic (exact) mass is 605 g/mol. The predicted molar refractivity (Wildman–Crippen MR) is 184 cm³/mol. The molecule has 4 aromatic carbocycles. The number of para-hydroxylation sites is 2. The number of ether oxygens (including phenoxy) is 1. The van der Waals surface area contributed by atoms with Gasteiger partial charge < -0.3 is 30.9 Å². The number of hydrogen-bond acceptors (Lipinski definition) is 6. The van der Waals surface area contributed by atoms with Gasteiger partial charge in [-0.05, 0) is 87.7 Å². The molecular weight excluding hydrogens is 562 g/mol. The van der Waals surface area contributed by atoms with E-state index in [1.54, 1.807) is 4.90 Å². The van der Waals surface area contributed by atoms with Gasteiger partial charge in [0.1, 0.15) is 5.60 Å². The average Bonchev–Trinajstić information content (AvgIpc) is 3.00. The Hall–Kier alpha value is -4.98. The van der Waals surface area contributed by atoms with Crippen LogP contribution in [0.3, 0.4) is 0 Å². The van der Waals surface area contributed by atoms with Gasteiger partial charge in [-0.25, -0.2) is 4.79 Å². The molecule has 0 aromatic heterocycles. The molecule has 1 heterocycles. The van der Waals surface area contributed by atoms with Crippen molar-refractivity contribution in [3.8, 4) is 11.1 Å². The van der Waals surface area contributed by atoms with Crippen molar-refractivity contribution >= 4 is 34.7 Å². The van der Waals surface area contributed by atoms with Crippen LogP contribution in [-0.4, -0.2) is 48.7 Å². The Morgan fingerprint density at radius 2 is 1.51 bits per heavy atom. The standard InChI is InChI=1S/C37H43N5O3/c1-25-10-13-28(14-11-25)35(43)40-34-23-29(41-18-20-42(21-19-41)36(44)45-37(3,4)5)15-17-31(34)30-16-12-27(22-26(30)2)24-39-33-9-7-6-8-32(33)38/h6-17,22-23,39H,18-21,24,38H2,1-5H3,(H,40,43). The third-order valence-electron chi connectivity index (χ3n) is 7.89. The van der Waals surface area contributed by atoms with E-state index in [9.17, 15) is 9.59 Å². The molecule has 0 atom stereocenters. The molecule has 0 bridgehead atoms. The first-order valence-corrected chi connectivity index (χ1v) is 15.4. The molecule has 0 radical (unpaired) electrons. The van der Waals surface area contributed by atoms with Crippen LogP contribution in [-0.2, 0) is 11.3 Å². The highest BCUT2D eigenvalue weighted by atomic mass is 16.6. The summed E-state index contributed by atoms with van der Waals surface area (Å²) in [6.07, 6.45) is -0.287. The van der Waals surface area contributed by atoms with Crippen LogP contribution in [0.5, 0.6) is 0 Å². The van der Waals surface area contributed by atoms with Crippen LogP contribution >= 0.6 is 0 Å². The number of carbonyl (C=O) groups is 2. The molecule has 4 N–H and O–H groups in total. The van der Waals surface area contributed by atoms with E-state index in [0.717, 1.165) is 44.9 Å². The Morgan fingerprint density at radius 3 is 2.18 bits per heavy atom. The number of aryl methyl sites for hydroxylation is 2. The smallest absolute Gasteiger partial charge is 0.410 e. The SMILES string of the molecule is Cc1ccc(C(=O)Nc2cc(N3CCN(C(=O)OC(C)(C)C)CC3)ccc2-c2ccc(CNc3ccccc3N)cc2C)cc1. The second-order valence-corrected chi connectivity index (χ2v) is 12.6. The lowest BCUT2D eigenvalue weighted by Gasteiger charge is -2.37. The summed E-state index contributed by atoms with van der Waals surface area (Å²) in [4.78, 5) is 30.0. The molecular formula is C37H43N5O3. The quantitative estimate of drug-likeness (QED) is 0.189. The molecule has 8 heteroatoms. The lowest BCUT2D eigenvalue weighted by Crippen LogP contribution is -2.50. The van der Waals surface area contributed by atoms with Gasteiger partial charge in [0, 0.05) is 49.5 Å². The van der Waals surface area contributed by atoms with Crippen molar-refractivity contribution in [1.29, 1.82) is 0 Å². The van der Waals surface area contributed by atoms with E-state index in [1.165, 1.54) is 0 Å². The number of nitrogens with one attached hydrogen (secondary N) is 2. The highest BCUT2D eigenvalue weighted by molar-refractivity contribution is 6.06. The number of nitrogen functional groups attached to an aromatic ring is 1. The van der Waals surface area contributed by atoms with Crippen LogP contribution in [0.15, 0.2) is 84.9 Å². The second kappa shape index (κ2) is 13.3. The zero-order valence-electron chi connectivity index (χ0n) is 26.8. The topological polar surface area (TPSA) is 99.9 Å². The molecule has 234 valence electrons. The zero-order chi connectivity index (χ0) is 32.1. The fourth-order valence-electron chi connectivity index (χ4n) is 5.43. The summed E-state index contributed by atoms with van der Waals surface area (Å²) in [5.41, 5.74) is 14.8. The zero-order valence-corrected chi connectivity index (χ0v) is 26.8. The minimum Gasteiger partial charge on any atom is -0.444 e. The number of nitrogens with two attached hydrogens (primary N) is 1.